The second-order valence-corrected chi connectivity index (χ2v) is 8.51. The molecule has 2 heterocycles. The number of rotatable bonds is 4. The molecule has 2 unspecified atom stereocenters. The molecule has 0 aromatic heterocycles. The van der Waals surface area contributed by atoms with Gasteiger partial charge in [-0.25, -0.2) is 8.42 Å². The second-order valence-electron chi connectivity index (χ2n) is 6.57. The normalized spacial score (nSPS) is 26.0. The van der Waals surface area contributed by atoms with Crippen molar-refractivity contribution in [2.75, 3.05) is 26.2 Å². The summed E-state index contributed by atoms with van der Waals surface area (Å²) in [5.74, 6) is -0.282. The van der Waals surface area contributed by atoms with Crippen molar-refractivity contribution in [2.45, 2.75) is 36.6 Å². The molecule has 0 spiro atoms. The lowest BCUT2D eigenvalue weighted by atomic mass is 9.97. The predicted molar refractivity (Wildman–Crippen MR) is 92.0 cm³/mol. The average molecular weight is 351 g/mol. The van der Waals surface area contributed by atoms with E-state index in [4.69, 9.17) is 0 Å². The Morgan fingerprint density at radius 1 is 1.17 bits per heavy atom. The fraction of sp³-hybridized carbons (Fsp3) is 0.588. The van der Waals surface area contributed by atoms with Crippen LogP contribution in [0.5, 0.6) is 0 Å². The van der Waals surface area contributed by atoms with Crippen LogP contribution in [0.1, 0.15) is 25.7 Å². The first-order chi connectivity index (χ1) is 11.6. The Hall–Kier alpha value is -1.44. The molecule has 7 heteroatoms. The summed E-state index contributed by atoms with van der Waals surface area (Å²) >= 11 is 0. The van der Waals surface area contributed by atoms with Crippen LogP contribution in [0.4, 0.5) is 0 Å². The molecule has 1 amide bonds. The van der Waals surface area contributed by atoms with Crippen molar-refractivity contribution in [1.82, 2.24) is 14.9 Å². The summed E-state index contributed by atoms with van der Waals surface area (Å²) in [6, 6.07) is 8.60. The van der Waals surface area contributed by atoms with Gasteiger partial charge in [0.2, 0.25) is 15.9 Å². The lowest BCUT2D eigenvalue weighted by Crippen LogP contribution is -2.51. The third kappa shape index (κ3) is 3.96. The topological polar surface area (TPSA) is 78.5 Å². The van der Waals surface area contributed by atoms with Gasteiger partial charge < -0.3 is 10.6 Å². The number of nitrogens with zero attached hydrogens (tertiary/aromatic N) is 1. The largest absolute Gasteiger partial charge is 0.352 e. The van der Waals surface area contributed by atoms with Crippen molar-refractivity contribution in [1.29, 1.82) is 0 Å². The maximum atomic E-state index is 12.7. The standard InChI is InChI=1S/C17H25N3O3S/c21-17(19-15-7-4-10-18-12-15)14-6-5-11-20(13-14)24(22,23)16-8-2-1-3-9-16/h1-3,8-9,14-15,18H,4-7,10-13H2,(H,19,21). The van der Waals surface area contributed by atoms with E-state index in [2.05, 4.69) is 10.6 Å². The van der Waals surface area contributed by atoms with Crippen LogP contribution in [0.2, 0.25) is 0 Å². The van der Waals surface area contributed by atoms with Gasteiger partial charge in [0.05, 0.1) is 10.8 Å². The van der Waals surface area contributed by atoms with Gasteiger partial charge in [-0.15, -0.1) is 0 Å². The molecule has 6 nitrogen and oxygen atoms in total. The number of amides is 1. The molecule has 2 atom stereocenters. The SMILES string of the molecule is O=C(NC1CCCNC1)C1CCCN(S(=O)(=O)c2ccccc2)C1. The van der Waals surface area contributed by atoms with Crippen molar-refractivity contribution in [2.24, 2.45) is 5.92 Å². The van der Waals surface area contributed by atoms with Crippen LogP contribution < -0.4 is 10.6 Å². The Kier molecular flexibility index (Phi) is 5.53. The zero-order chi connectivity index (χ0) is 17.0. The highest BCUT2D eigenvalue weighted by Crippen LogP contribution is 2.24. The number of hydrogen-bond acceptors (Lipinski definition) is 4. The summed E-state index contributed by atoms with van der Waals surface area (Å²) in [7, 11) is -3.52. The zero-order valence-electron chi connectivity index (χ0n) is 13.8. The minimum Gasteiger partial charge on any atom is -0.352 e. The van der Waals surface area contributed by atoms with Crippen molar-refractivity contribution in [3.05, 3.63) is 30.3 Å². The molecule has 24 heavy (non-hydrogen) atoms. The zero-order valence-corrected chi connectivity index (χ0v) is 14.6. The third-order valence-electron chi connectivity index (χ3n) is 4.78. The van der Waals surface area contributed by atoms with Crippen LogP contribution in [-0.2, 0) is 14.8 Å². The fourth-order valence-corrected chi connectivity index (χ4v) is 4.96. The van der Waals surface area contributed by atoms with Crippen LogP contribution in [0, 0.1) is 5.92 Å². The molecule has 2 aliphatic heterocycles. The first-order valence-electron chi connectivity index (χ1n) is 8.63. The highest BCUT2D eigenvalue weighted by molar-refractivity contribution is 7.89. The van der Waals surface area contributed by atoms with E-state index in [9.17, 15) is 13.2 Å². The molecule has 1 aromatic carbocycles. The highest BCUT2D eigenvalue weighted by atomic mass is 32.2. The summed E-state index contributed by atoms with van der Waals surface area (Å²) < 4.78 is 26.9. The lowest BCUT2D eigenvalue weighted by Gasteiger charge is -2.33. The smallest absolute Gasteiger partial charge is 0.243 e. The monoisotopic (exact) mass is 351 g/mol. The van der Waals surface area contributed by atoms with Gasteiger partial charge in [-0.3, -0.25) is 4.79 Å². The Morgan fingerprint density at radius 3 is 2.67 bits per heavy atom. The van der Waals surface area contributed by atoms with Crippen molar-refractivity contribution in [3.8, 4) is 0 Å². The maximum Gasteiger partial charge on any atom is 0.243 e. The summed E-state index contributed by atoms with van der Waals surface area (Å²) in [5, 5.41) is 6.35. The number of hydrogen-bond donors (Lipinski definition) is 2. The van der Waals surface area contributed by atoms with Gasteiger partial charge in [0.1, 0.15) is 0 Å². The minimum absolute atomic E-state index is 0.0170. The molecule has 2 N–H and O–H groups in total. The number of carbonyl (C=O) groups excluding carboxylic acids is 1. The predicted octanol–water partition coefficient (Wildman–Crippen LogP) is 0.956. The Morgan fingerprint density at radius 2 is 1.96 bits per heavy atom. The van der Waals surface area contributed by atoms with E-state index in [1.807, 2.05) is 0 Å². The fourth-order valence-electron chi connectivity index (χ4n) is 3.41. The molecule has 2 fully saturated rings. The summed E-state index contributed by atoms with van der Waals surface area (Å²) in [5.41, 5.74) is 0. The van der Waals surface area contributed by atoms with Crippen molar-refractivity contribution >= 4 is 15.9 Å². The van der Waals surface area contributed by atoms with Crippen LogP contribution in [-0.4, -0.2) is 50.9 Å². The van der Waals surface area contributed by atoms with Gasteiger partial charge >= 0.3 is 0 Å². The van der Waals surface area contributed by atoms with E-state index in [-0.39, 0.29) is 24.4 Å². The van der Waals surface area contributed by atoms with E-state index in [0.717, 1.165) is 32.4 Å². The molecular formula is C17H25N3O3S. The molecule has 3 rings (SSSR count). The number of benzene rings is 1. The first-order valence-corrected chi connectivity index (χ1v) is 10.1. The summed E-state index contributed by atoms with van der Waals surface area (Å²) in [4.78, 5) is 12.8. The molecular weight excluding hydrogens is 326 g/mol. The second kappa shape index (κ2) is 7.63. The molecule has 2 saturated heterocycles. The molecule has 0 aliphatic carbocycles. The van der Waals surface area contributed by atoms with Crippen LogP contribution >= 0.6 is 0 Å². The van der Waals surface area contributed by atoms with Crippen molar-refractivity contribution in [3.63, 3.8) is 0 Å². The molecule has 0 saturated carbocycles. The number of nitrogens with one attached hydrogen (secondary N) is 2. The van der Waals surface area contributed by atoms with Crippen LogP contribution in [0.25, 0.3) is 0 Å². The maximum absolute atomic E-state index is 12.7. The first kappa shape index (κ1) is 17.4. The van der Waals surface area contributed by atoms with Gasteiger partial charge in [-0.1, -0.05) is 18.2 Å². The molecule has 2 aliphatic rings. The van der Waals surface area contributed by atoms with Gasteiger partial charge in [0.15, 0.2) is 0 Å². The van der Waals surface area contributed by atoms with Gasteiger partial charge in [-0.05, 0) is 44.4 Å². The van der Waals surface area contributed by atoms with E-state index >= 15 is 0 Å². The average Bonchev–Trinajstić information content (AvgIpc) is 2.63. The molecule has 132 valence electrons. The minimum atomic E-state index is -3.52. The molecule has 1 aromatic rings. The summed E-state index contributed by atoms with van der Waals surface area (Å²) in [6.45, 7) is 2.54. The van der Waals surface area contributed by atoms with E-state index in [1.54, 1.807) is 30.3 Å². The van der Waals surface area contributed by atoms with Crippen molar-refractivity contribution < 1.29 is 13.2 Å². The Balaban J connectivity index is 1.64. The Bertz CT molecular complexity index is 657. The molecule has 0 bridgehead atoms. The van der Waals surface area contributed by atoms with Gasteiger partial charge in [0.25, 0.3) is 0 Å². The van der Waals surface area contributed by atoms with Crippen LogP contribution in [0.15, 0.2) is 35.2 Å². The number of piperidine rings is 2. The van der Waals surface area contributed by atoms with E-state index in [1.165, 1.54) is 4.31 Å². The third-order valence-corrected chi connectivity index (χ3v) is 6.66. The van der Waals surface area contributed by atoms with E-state index in [0.29, 0.717) is 17.9 Å². The number of carbonyl (C=O) groups is 1. The Labute approximate surface area is 143 Å². The van der Waals surface area contributed by atoms with Crippen LogP contribution in [0.3, 0.4) is 0 Å². The quantitative estimate of drug-likeness (QED) is 0.847. The van der Waals surface area contributed by atoms with Gasteiger partial charge in [0, 0.05) is 25.7 Å². The summed E-state index contributed by atoms with van der Waals surface area (Å²) in [6.07, 6.45) is 3.50. The number of sulfonamides is 1. The highest BCUT2D eigenvalue weighted by Gasteiger charge is 2.33. The lowest BCUT2D eigenvalue weighted by molar-refractivity contribution is -0.126. The van der Waals surface area contributed by atoms with Gasteiger partial charge in [-0.2, -0.15) is 4.31 Å². The van der Waals surface area contributed by atoms with E-state index < -0.39 is 10.0 Å². The molecule has 0 radical (unpaired) electrons.